The summed E-state index contributed by atoms with van der Waals surface area (Å²) in [7, 11) is 0. The van der Waals surface area contributed by atoms with Crippen LogP contribution in [0.5, 0.6) is 11.5 Å². The largest absolute Gasteiger partial charge is 0.504 e. The lowest BCUT2D eigenvalue weighted by molar-refractivity contribution is -0.177. The van der Waals surface area contributed by atoms with E-state index in [1.165, 1.54) is 5.57 Å². The number of allylic oxidation sites excluding steroid dienone is 2. The smallest absolute Gasteiger partial charge is 0.309 e. The molecule has 2 aromatic carbocycles. The molecule has 3 fully saturated rings. The van der Waals surface area contributed by atoms with Crippen molar-refractivity contribution in [3.63, 3.8) is 0 Å². The number of rotatable bonds is 2. The molecular formula is C37H44BrNO4. The zero-order chi connectivity index (χ0) is 30.9. The molecule has 5 nitrogen and oxygen atoms in total. The van der Waals surface area contributed by atoms with Crippen molar-refractivity contribution in [2.75, 3.05) is 0 Å². The number of hydrogen-bond acceptors (Lipinski definition) is 3. The highest BCUT2D eigenvalue weighted by Gasteiger charge is 2.67. The van der Waals surface area contributed by atoms with Gasteiger partial charge in [0.1, 0.15) is 0 Å². The topological polar surface area (TPSA) is 93.5 Å². The van der Waals surface area contributed by atoms with E-state index in [1.54, 1.807) is 0 Å². The van der Waals surface area contributed by atoms with Crippen molar-refractivity contribution >= 4 is 32.8 Å². The second kappa shape index (κ2) is 8.93. The average molecular weight is 647 g/mol. The third-order valence-corrected chi connectivity index (χ3v) is 14.1. The molecule has 228 valence electrons. The van der Waals surface area contributed by atoms with Gasteiger partial charge in [-0.2, -0.15) is 0 Å². The van der Waals surface area contributed by atoms with Gasteiger partial charge in [0.15, 0.2) is 11.5 Å². The third kappa shape index (κ3) is 3.65. The Morgan fingerprint density at radius 1 is 0.977 bits per heavy atom. The van der Waals surface area contributed by atoms with Crippen LogP contribution >= 0.6 is 15.9 Å². The van der Waals surface area contributed by atoms with Gasteiger partial charge < -0.3 is 20.3 Å². The van der Waals surface area contributed by atoms with Gasteiger partial charge in [-0.15, -0.1) is 0 Å². The van der Waals surface area contributed by atoms with Gasteiger partial charge in [-0.05, 0) is 127 Å². The number of phenols is 2. The van der Waals surface area contributed by atoms with Gasteiger partial charge in [0, 0.05) is 32.9 Å². The molecule has 3 saturated carbocycles. The van der Waals surface area contributed by atoms with Crippen LogP contribution in [0, 0.1) is 34.5 Å². The second-order valence-electron chi connectivity index (χ2n) is 15.7. The zero-order valence-corrected chi connectivity index (χ0v) is 27.8. The predicted octanol–water partition coefficient (Wildman–Crippen LogP) is 9.48. The first kappa shape index (κ1) is 29.0. The number of benzene rings is 2. The fourth-order valence-corrected chi connectivity index (χ4v) is 10.9. The molecule has 1 heterocycles. The Hall–Kier alpha value is -2.73. The Morgan fingerprint density at radius 3 is 2.42 bits per heavy atom. The number of aromatic amines is 1. The summed E-state index contributed by atoms with van der Waals surface area (Å²) >= 11 is 3.68. The van der Waals surface area contributed by atoms with Crippen molar-refractivity contribution in [1.82, 2.24) is 4.98 Å². The van der Waals surface area contributed by atoms with Crippen molar-refractivity contribution in [1.29, 1.82) is 0 Å². The number of carboxylic acids is 1. The first-order valence-corrected chi connectivity index (χ1v) is 16.7. The minimum atomic E-state index is -0.694. The zero-order valence-electron chi connectivity index (χ0n) is 26.2. The van der Waals surface area contributed by atoms with Crippen molar-refractivity contribution in [3.8, 4) is 11.5 Å². The molecule has 0 radical (unpaired) electrons. The first-order valence-electron chi connectivity index (χ1n) is 15.9. The van der Waals surface area contributed by atoms with Gasteiger partial charge in [-0.3, -0.25) is 4.79 Å². The maximum atomic E-state index is 12.6. The molecule has 0 bridgehead atoms. The van der Waals surface area contributed by atoms with Gasteiger partial charge in [0.2, 0.25) is 0 Å². The molecule has 0 saturated heterocycles. The number of fused-ring (bicyclic) bond motifs is 8. The van der Waals surface area contributed by atoms with E-state index in [0.29, 0.717) is 5.92 Å². The van der Waals surface area contributed by atoms with Crippen LogP contribution in [0.25, 0.3) is 10.9 Å². The van der Waals surface area contributed by atoms with Gasteiger partial charge in [0.05, 0.1) is 5.41 Å². The van der Waals surface area contributed by atoms with Gasteiger partial charge in [-0.25, -0.2) is 0 Å². The molecule has 1 aromatic heterocycles. The quantitative estimate of drug-likeness (QED) is 0.165. The summed E-state index contributed by atoms with van der Waals surface area (Å²) in [5.41, 5.74) is 5.50. The number of halogens is 1. The Labute approximate surface area is 262 Å². The van der Waals surface area contributed by atoms with Crippen LogP contribution in [-0.4, -0.2) is 26.3 Å². The number of phenolic OH excluding ortho intramolecular Hbond substituents is 2. The molecule has 0 spiro atoms. The average Bonchev–Trinajstić information content (AvgIpc) is 3.37. The standard InChI is InChI=1S/C37H44BrNO4/c1-20-30-23(24-19-39-26-8-7-21(38)15-22(24)26)16-28-35(4,25(30)17-27(40)31(20)41)12-14-37(6)29-18-34(3,32(42)43)10-9-33(29,2)11-13-36(28,37)5/h7-8,15-17,19,23,29,39-41H,9-14,18H2,1-6H3,(H,42,43)/t23?,29-,33-,34-,35+,36-,37+/m1/s1. The number of aliphatic carboxylic acids is 1. The molecule has 6 heteroatoms. The monoisotopic (exact) mass is 645 g/mol. The van der Waals surface area contributed by atoms with Crippen LogP contribution in [0.2, 0.25) is 0 Å². The van der Waals surface area contributed by atoms with Crippen LogP contribution in [0.4, 0.5) is 0 Å². The summed E-state index contributed by atoms with van der Waals surface area (Å²) in [6.45, 7) is 13.6. The summed E-state index contributed by atoms with van der Waals surface area (Å²) < 4.78 is 1.02. The second-order valence-corrected chi connectivity index (χ2v) is 16.6. The van der Waals surface area contributed by atoms with Crippen LogP contribution in [0.1, 0.15) is 108 Å². The van der Waals surface area contributed by atoms with E-state index >= 15 is 0 Å². The summed E-state index contributed by atoms with van der Waals surface area (Å²) in [5.74, 6) is -0.555. The number of carbonyl (C=O) groups is 1. The summed E-state index contributed by atoms with van der Waals surface area (Å²) in [6.07, 6.45) is 11.1. The van der Waals surface area contributed by atoms with Crippen molar-refractivity contribution in [3.05, 3.63) is 68.8 Å². The number of aromatic hydroxyl groups is 2. The Kier molecular flexibility index (Phi) is 6.02. The van der Waals surface area contributed by atoms with Gasteiger partial charge in [-0.1, -0.05) is 55.3 Å². The highest BCUT2D eigenvalue weighted by atomic mass is 79.9. The number of hydrogen-bond donors (Lipinski definition) is 4. The lowest BCUT2D eigenvalue weighted by atomic mass is 9.34. The van der Waals surface area contributed by atoms with E-state index in [1.807, 2.05) is 26.0 Å². The van der Waals surface area contributed by atoms with Crippen LogP contribution < -0.4 is 0 Å². The third-order valence-electron chi connectivity index (χ3n) is 13.6. The van der Waals surface area contributed by atoms with Gasteiger partial charge >= 0.3 is 5.97 Å². The molecule has 7 rings (SSSR count). The maximum Gasteiger partial charge on any atom is 0.309 e. The van der Waals surface area contributed by atoms with E-state index in [9.17, 15) is 20.1 Å². The SMILES string of the molecule is Cc1c(O)c(O)cc2c1C(c1c[nH]c3ccc(Br)cc13)C=C1[C@@]2(C)CC[C@@]2(C)[C@@H]3C[C@](C)(C(=O)O)CC[C@]3(C)CC[C@]12C. The van der Waals surface area contributed by atoms with E-state index in [0.717, 1.165) is 82.6 Å². The fourth-order valence-electron chi connectivity index (χ4n) is 10.6. The van der Waals surface area contributed by atoms with Crippen LogP contribution in [0.15, 0.2) is 46.6 Å². The summed E-state index contributed by atoms with van der Waals surface area (Å²) in [4.78, 5) is 16.0. The normalized spacial score (nSPS) is 38.4. The molecule has 4 aliphatic carbocycles. The summed E-state index contributed by atoms with van der Waals surface area (Å²) in [6, 6.07) is 8.14. The highest BCUT2D eigenvalue weighted by molar-refractivity contribution is 9.10. The molecule has 3 aromatic rings. The fraction of sp³-hybridized carbons (Fsp3) is 0.541. The van der Waals surface area contributed by atoms with Crippen molar-refractivity contribution < 1.29 is 20.1 Å². The lowest BCUT2D eigenvalue weighted by Crippen LogP contribution is -2.62. The molecule has 4 N–H and O–H groups in total. The number of H-pyrrole nitrogens is 1. The molecule has 0 aliphatic heterocycles. The van der Waals surface area contributed by atoms with E-state index < -0.39 is 11.4 Å². The minimum Gasteiger partial charge on any atom is -0.504 e. The predicted molar refractivity (Wildman–Crippen MR) is 174 cm³/mol. The number of carboxylic acid groups (broad SMARTS) is 1. The van der Waals surface area contributed by atoms with E-state index in [2.05, 4.69) is 73.0 Å². The Bertz CT molecular complexity index is 1740. The first-order chi connectivity index (χ1) is 20.1. The molecule has 4 aliphatic rings. The van der Waals surface area contributed by atoms with E-state index in [4.69, 9.17) is 0 Å². The maximum absolute atomic E-state index is 12.6. The van der Waals surface area contributed by atoms with Crippen molar-refractivity contribution in [2.24, 2.45) is 27.6 Å². The number of nitrogens with one attached hydrogen (secondary N) is 1. The number of aromatic nitrogens is 1. The van der Waals surface area contributed by atoms with Gasteiger partial charge in [0.25, 0.3) is 0 Å². The highest BCUT2D eigenvalue weighted by Crippen LogP contribution is 2.75. The molecule has 1 unspecified atom stereocenters. The molecule has 7 atom stereocenters. The van der Waals surface area contributed by atoms with E-state index in [-0.39, 0.29) is 39.1 Å². The Balaban J connectivity index is 1.47. The molecule has 43 heavy (non-hydrogen) atoms. The van der Waals surface area contributed by atoms with Crippen LogP contribution in [-0.2, 0) is 10.2 Å². The van der Waals surface area contributed by atoms with Crippen molar-refractivity contribution in [2.45, 2.75) is 97.8 Å². The Morgan fingerprint density at radius 2 is 1.70 bits per heavy atom. The summed E-state index contributed by atoms with van der Waals surface area (Å²) in [5, 5.41) is 33.5. The van der Waals surface area contributed by atoms with Crippen LogP contribution in [0.3, 0.4) is 0 Å². The molecule has 0 amide bonds. The lowest BCUT2D eigenvalue weighted by Gasteiger charge is -2.70. The molecular weight excluding hydrogens is 602 g/mol. The minimum absolute atomic E-state index is 0.0410.